The van der Waals surface area contributed by atoms with Crippen LogP contribution >= 0.6 is 22.6 Å². The quantitative estimate of drug-likeness (QED) is 0.357. The molecule has 2 saturated heterocycles. The second kappa shape index (κ2) is 8.67. The minimum Gasteiger partial charge on any atom is -0.371 e. The fourth-order valence-corrected chi connectivity index (χ4v) is 5.79. The summed E-state index contributed by atoms with van der Waals surface area (Å²) >= 11 is 2.38. The first-order valence-corrected chi connectivity index (χ1v) is 13.4. The van der Waals surface area contributed by atoms with Crippen LogP contribution in [0, 0.1) is 15.9 Å². The minimum atomic E-state index is -2.60. The van der Waals surface area contributed by atoms with Crippen LogP contribution in [-0.4, -0.2) is 51.6 Å². The van der Waals surface area contributed by atoms with Crippen LogP contribution in [-0.2, 0) is 0 Å². The maximum atomic E-state index is 13.6. The molecule has 3 aliphatic rings. The van der Waals surface area contributed by atoms with Gasteiger partial charge in [0.15, 0.2) is 0 Å². The molecule has 9 heteroatoms. The normalized spacial score (nSPS) is 20.9. The molecule has 0 radical (unpaired) electrons. The highest BCUT2D eigenvalue weighted by atomic mass is 127. The number of halogens is 3. The molecule has 1 spiro atoms. The first kappa shape index (κ1) is 23.1. The lowest BCUT2D eigenvalue weighted by molar-refractivity contribution is -0.0222. The van der Waals surface area contributed by atoms with Gasteiger partial charge >= 0.3 is 0 Å². The van der Waals surface area contributed by atoms with Crippen molar-refractivity contribution >= 4 is 34.2 Å². The van der Waals surface area contributed by atoms with Crippen molar-refractivity contribution < 1.29 is 8.78 Å². The summed E-state index contributed by atoms with van der Waals surface area (Å²) in [5.74, 6) is -1.39. The average Bonchev–Trinajstić information content (AvgIpc) is 3.39. The zero-order valence-corrected chi connectivity index (χ0v) is 22.0. The third-order valence-corrected chi connectivity index (χ3v) is 8.48. The summed E-state index contributed by atoms with van der Waals surface area (Å²) in [5, 5.41) is 0. The molecule has 6 rings (SSSR count). The summed E-state index contributed by atoms with van der Waals surface area (Å²) in [6, 6.07) is 8.46. The Labute approximate surface area is 217 Å². The van der Waals surface area contributed by atoms with E-state index in [1.807, 2.05) is 28.7 Å². The Balaban J connectivity index is 1.28. The van der Waals surface area contributed by atoms with E-state index in [0.29, 0.717) is 17.2 Å². The number of rotatable bonds is 4. The predicted octanol–water partition coefficient (Wildman–Crippen LogP) is 5.86. The fraction of sp³-hybridized carbons (Fsp3) is 0.500. The van der Waals surface area contributed by atoms with Crippen molar-refractivity contribution in [2.75, 3.05) is 36.0 Å². The van der Waals surface area contributed by atoms with E-state index in [4.69, 9.17) is 9.97 Å². The van der Waals surface area contributed by atoms with Gasteiger partial charge in [0.2, 0.25) is 5.95 Å². The lowest BCUT2D eigenvalue weighted by atomic mass is 9.93. The second-order valence-electron chi connectivity index (χ2n) is 10.3. The van der Waals surface area contributed by atoms with Gasteiger partial charge in [-0.2, -0.15) is 4.98 Å². The molecule has 0 bridgehead atoms. The lowest BCUT2D eigenvalue weighted by Gasteiger charge is -2.35. The van der Waals surface area contributed by atoms with E-state index < -0.39 is 5.92 Å². The van der Waals surface area contributed by atoms with Crippen LogP contribution in [0.1, 0.15) is 44.2 Å². The average molecular weight is 590 g/mol. The highest BCUT2D eigenvalue weighted by molar-refractivity contribution is 14.1. The highest BCUT2D eigenvalue weighted by Gasteiger charge is 2.44. The van der Waals surface area contributed by atoms with Gasteiger partial charge in [-0.15, -0.1) is 0 Å². The Kier molecular flexibility index (Phi) is 5.73. The molecule has 35 heavy (non-hydrogen) atoms. The molecular formula is C26H29F2IN6. The van der Waals surface area contributed by atoms with Crippen LogP contribution < -0.4 is 9.80 Å². The summed E-state index contributed by atoms with van der Waals surface area (Å²) < 4.78 is 30.4. The van der Waals surface area contributed by atoms with Crippen LogP contribution in [0.25, 0.3) is 17.1 Å². The van der Waals surface area contributed by atoms with Gasteiger partial charge in [-0.25, -0.2) is 18.7 Å². The number of anilines is 2. The number of aromatic nitrogens is 4. The SMILES string of the molecule is Cc1cc(-n2cnc(-c3ccc(I)cc3N3CCC4(CC3)CC4)c2)nc(N2CCC(F)(F)CC2)n1. The molecule has 6 nitrogen and oxygen atoms in total. The van der Waals surface area contributed by atoms with Gasteiger partial charge in [-0.05, 0) is 78.8 Å². The van der Waals surface area contributed by atoms with Crippen molar-refractivity contribution in [2.45, 2.75) is 51.4 Å². The maximum Gasteiger partial charge on any atom is 0.251 e. The van der Waals surface area contributed by atoms with Gasteiger partial charge in [-0.3, -0.25) is 4.57 Å². The van der Waals surface area contributed by atoms with Gasteiger partial charge < -0.3 is 9.80 Å². The number of alkyl halides is 2. The molecule has 0 atom stereocenters. The molecule has 1 aliphatic carbocycles. The van der Waals surface area contributed by atoms with Gasteiger partial charge in [-0.1, -0.05) is 0 Å². The Morgan fingerprint density at radius 2 is 1.60 bits per heavy atom. The third kappa shape index (κ3) is 4.75. The number of piperidine rings is 2. The van der Waals surface area contributed by atoms with E-state index in [1.54, 1.807) is 6.33 Å². The van der Waals surface area contributed by atoms with Crippen molar-refractivity contribution in [2.24, 2.45) is 5.41 Å². The monoisotopic (exact) mass is 590 g/mol. The zero-order valence-electron chi connectivity index (χ0n) is 19.9. The number of nitrogens with zero attached hydrogens (tertiary/aromatic N) is 6. The van der Waals surface area contributed by atoms with E-state index >= 15 is 0 Å². The molecule has 4 heterocycles. The van der Waals surface area contributed by atoms with Gasteiger partial charge in [0.25, 0.3) is 5.92 Å². The van der Waals surface area contributed by atoms with Crippen molar-refractivity contribution in [3.63, 3.8) is 0 Å². The smallest absolute Gasteiger partial charge is 0.251 e. The van der Waals surface area contributed by atoms with Crippen LogP contribution in [0.3, 0.4) is 0 Å². The first-order valence-electron chi connectivity index (χ1n) is 12.4. The molecule has 0 unspecified atom stereocenters. The Bertz CT molecular complexity index is 1230. The molecular weight excluding hydrogens is 561 g/mol. The maximum absolute atomic E-state index is 13.6. The van der Waals surface area contributed by atoms with Gasteiger partial charge in [0.1, 0.15) is 12.1 Å². The van der Waals surface area contributed by atoms with Gasteiger partial charge in [0.05, 0.1) is 5.69 Å². The minimum absolute atomic E-state index is 0.165. The topological polar surface area (TPSA) is 50.1 Å². The first-order chi connectivity index (χ1) is 16.8. The molecule has 1 saturated carbocycles. The summed E-state index contributed by atoms with van der Waals surface area (Å²) in [5.41, 5.74) is 4.70. The van der Waals surface area contributed by atoms with E-state index in [0.717, 1.165) is 30.0 Å². The van der Waals surface area contributed by atoms with Crippen molar-refractivity contribution in [3.8, 4) is 17.1 Å². The molecule has 0 N–H and O–H groups in total. The van der Waals surface area contributed by atoms with Crippen LogP contribution in [0.5, 0.6) is 0 Å². The molecule has 2 aromatic heterocycles. The van der Waals surface area contributed by atoms with Gasteiger partial charge in [0, 0.05) is 71.8 Å². The van der Waals surface area contributed by atoms with E-state index in [2.05, 4.69) is 50.7 Å². The van der Waals surface area contributed by atoms with Crippen molar-refractivity contribution in [3.05, 3.63) is 46.1 Å². The van der Waals surface area contributed by atoms with E-state index in [9.17, 15) is 8.78 Å². The van der Waals surface area contributed by atoms with Crippen LogP contribution in [0.15, 0.2) is 36.8 Å². The number of benzene rings is 1. The standard InChI is InChI=1S/C26H29F2IN6/c1-18-14-23(32-24(31-18)34-12-8-26(27,28)9-13-34)35-16-21(30-17-35)20-3-2-19(29)15-22(20)33-10-6-25(4-5-25)7-11-33/h2-3,14-17H,4-13H2,1H3. The molecule has 3 aromatic rings. The Morgan fingerprint density at radius 1 is 0.886 bits per heavy atom. The molecule has 3 fully saturated rings. The van der Waals surface area contributed by atoms with Crippen molar-refractivity contribution in [1.82, 2.24) is 19.5 Å². The Hall–Kier alpha value is -2.30. The van der Waals surface area contributed by atoms with Crippen LogP contribution in [0.4, 0.5) is 20.4 Å². The summed E-state index contributed by atoms with van der Waals surface area (Å²) in [4.78, 5) is 18.3. The number of hydrogen-bond acceptors (Lipinski definition) is 5. The second-order valence-corrected chi connectivity index (χ2v) is 11.6. The highest BCUT2D eigenvalue weighted by Crippen LogP contribution is 2.54. The predicted molar refractivity (Wildman–Crippen MR) is 142 cm³/mol. The summed E-state index contributed by atoms with van der Waals surface area (Å²) in [7, 11) is 0. The molecule has 1 aromatic carbocycles. The van der Waals surface area contributed by atoms with E-state index in [1.165, 1.54) is 34.9 Å². The molecule has 2 aliphatic heterocycles. The molecule has 0 amide bonds. The van der Waals surface area contributed by atoms with E-state index in [-0.39, 0.29) is 25.9 Å². The summed E-state index contributed by atoms with van der Waals surface area (Å²) in [6.45, 7) is 4.61. The number of hydrogen-bond donors (Lipinski definition) is 0. The summed E-state index contributed by atoms with van der Waals surface area (Å²) in [6.07, 6.45) is 8.80. The number of aryl methyl sites for hydroxylation is 1. The molecule has 184 valence electrons. The van der Waals surface area contributed by atoms with Crippen molar-refractivity contribution in [1.29, 1.82) is 0 Å². The lowest BCUT2D eigenvalue weighted by Crippen LogP contribution is -2.40. The fourth-order valence-electron chi connectivity index (χ4n) is 5.31. The van der Waals surface area contributed by atoms with Crippen LogP contribution in [0.2, 0.25) is 0 Å². The zero-order chi connectivity index (χ0) is 24.2. The Morgan fingerprint density at radius 3 is 2.31 bits per heavy atom. The number of imidazole rings is 1. The third-order valence-electron chi connectivity index (χ3n) is 7.81. The largest absolute Gasteiger partial charge is 0.371 e.